The highest BCUT2D eigenvalue weighted by atomic mass is 32.2. The van der Waals surface area contributed by atoms with Crippen molar-refractivity contribution in [2.24, 2.45) is 51.3 Å². The van der Waals surface area contributed by atoms with E-state index in [2.05, 4.69) is 0 Å². The number of rotatable bonds is 2. The van der Waals surface area contributed by atoms with Gasteiger partial charge in [0.15, 0.2) is 5.17 Å². The number of hydrogen-bond acceptors (Lipinski definition) is 3. The third-order valence-corrected chi connectivity index (χ3v) is 11.6. The molecule has 1 saturated heterocycles. The van der Waals surface area contributed by atoms with Crippen molar-refractivity contribution in [3.8, 4) is 0 Å². The largest absolute Gasteiger partial charge is 0.290 e. The Hall–Kier alpha value is -0.840. The summed E-state index contributed by atoms with van der Waals surface area (Å²) in [4.78, 5) is 34.1. The van der Waals surface area contributed by atoms with E-state index in [1.807, 2.05) is 4.90 Å². The van der Waals surface area contributed by atoms with Gasteiger partial charge in [0.1, 0.15) is 0 Å². The second kappa shape index (κ2) is 6.36. The molecule has 1 heterocycles. The Morgan fingerprint density at radius 1 is 0.800 bits per heavy atom. The fourth-order valence-corrected chi connectivity index (χ4v) is 10.5. The van der Waals surface area contributed by atoms with Gasteiger partial charge in [-0.25, -0.2) is 0 Å². The van der Waals surface area contributed by atoms with Gasteiger partial charge >= 0.3 is 0 Å². The van der Waals surface area contributed by atoms with Crippen LogP contribution in [0.3, 0.4) is 0 Å². The van der Waals surface area contributed by atoms with E-state index in [1.165, 1.54) is 38.5 Å². The van der Waals surface area contributed by atoms with Gasteiger partial charge in [-0.2, -0.15) is 4.99 Å². The summed E-state index contributed by atoms with van der Waals surface area (Å²) in [6.07, 6.45) is 14.5. The molecule has 0 radical (unpaired) electrons. The van der Waals surface area contributed by atoms with Gasteiger partial charge in [0.25, 0.3) is 5.91 Å². The predicted octanol–water partition coefficient (Wildman–Crippen LogP) is 4.88. The summed E-state index contributed by atoms with van der Waals surface area (Å²) in [5, 5.41) is 0.747. The molecule has 0 aromatic carbocycles. The molecule has 7 rings (SSSR count). The van der Waals surface area contributed by atoms with Crippen molar-refractivity contribution < 1.29 is 9.59 Å². The van der Waals surface area contributed by atoms with E-state index in [-0.39, 0.29) is 16.7 Å². The van der Waals surface area contributed by atoms with Crippen LogP contribution in [0, 0.1) is 46.3 Å². The predicted molar refractivity (Wildman–Crippen MR) is 118 cm³/mol. The second-order valence-corrected chi connectivity index (χ2v) is 13.3. The van der Waals surface area contributed by atoms with Crippen LogP contribution in [0.1, 0.15) is 77.0 Å². The van der Waals surface area contributed by atoms with Crippen molar-refractivity contribution >= 4 is 28.7 Å². The number of nitrogens with zero attached hydrogens (tertiary/aromatic N) is 2. The highest BCUT2D eigenvalue weighted by Gasteiger charge is 2.59. The molecule has 0 aromatic rings. The van der Waals surface area contributed by atoms with Crippen molar-refractivity contribution in [3.63, 3.8) is 0 Å². The molecule has 6 saturated carbocycles. The summed E-state index contributed by atoms with van der Waals surface area (Å²) in [7, 11) is 0. The topological polar surface area (TPSA) is 49.7 Å². The Bertz CT molecular complexity index is 833. The van der Waals surface area contributed by atoms with Crippen LogP contribution < -0.4 is 0 Å². The Kier molecular flexibility index (Phi) is 3.96. The van der Waals surface area contributed by atoms with E-state index in [9.17, 15) is 9.59 Å². The molecule has 4 nitrogen and oxygen atoms in total. The monoisotopic (exact) mass is 426 g/mol. The molecule has 0 spiro atoms. The van der Waals surface area contributed by atoms with Crippen molar-refractivity contribution in [2.75, 3.05) is 12.3 Å². The highest BCUT2D eigenvalue weighted by Crippen LogP contribution is 2.63. The normalized spacial score (nSPS) is 51.9. The maximum absolute atomic E-state index is 13.9. The Labute approximate surface area is 184 Å². The first-order valence-electron chi connectivity index (χ1n) is 12.6. The smallest absolute Gasteiger partial charge is 0.254 e. The van der Waals surface area contributed by atoms with Crippen LogP contribution in [0.4, 0.5) is 0 Å². The highest BCUT2D eigenvalue weighted by molar-refractivity contribution is 8.14. The number of amidine groups is 1. The maximum atomic E-state index is 13.9. The standard InChI is InChI=1S/C25H34N2O2S/c28-21(24-9-15-1-3-17(11-24)19(7-15)13-24)26-23-27(5-6-30-23)22(29)25-10-16-2-4-18(12-25)20(8-16)14-25/h15-20H,1-14H2. The van der Waals surface area contributed by atoms with Crippen LogP contribution in [-0.4, -0.2) is 34.2 Å². The lowest BCUT2D eigenvalue weighted by Gasteiger charge is -2.40. The summed E-state index contributed by atoms with van der Waals surface area (Å²) < 4.78 is 0. The van der Waals surface area contributed by atoms with Gasteiger partial charge in [0.05, 0.1) is 10.8 Å². The number of amides is 2. The molecule has 6 aliphatic carbocycles. The molecule has 7 aliphatic rings. The quantitative estimate of drug-likeness (QED) is 0.632. The number of hydrogen-bond donors (Lipinski definition) is 0. The average molecular weight is 427 g/mol. The zero-order valence-corrected chi connectivity index (χ0v) is 18.8. The maximum Gasteiger partial charge on any atom is 0.254 e. The average Bonchev–Trinajstić information content (AvgIpc) is 3.30. The van der Waals surface area contributed by atoms with Crippen molar-refractivity contribution in [1.29, 1.82) is 0 Å². The minimum absolute atomic E-state index is 0.120. The van der Waals surface area contributed by atoms with E-state index >= 15 is 0 Å². The first-order chi connectivity index (χ1) is 14.5. The number of fused-ring (bicyclic) bond motifs is 4. The summed E-state index contributed by atoms with van der Waals surface area (Å²) in [6.45, 7) is 0.748. The molecule has 0 aromatic heterocycles. The third-order valence-electron chi connectivity index (χ3n) is 10.6. The van der Waals surface area contributed by atoms with E-state index in [1.54, 1.807) is 11.8 Å². The van der Waals surface area contributed by atoms with Gasteiger partial charge in [-0.15, -0.1) is 0 Å². The first-order valence-corrected chi connectivity index (χ1v) is 13.6. The molecule has 8 unspecified atom stereocenters. The fourth-order valence-electron chi connectivity index (χ4n) is 9.57. The SMILES string of the molecule is O=C(N=C1SCCN1C(=O)C12CC3CCC(C1)C(C3)C2)C12CC3CCC(C1)C(C3)C2. The third kappa shape index (κ3) is 2.56. The molecule has 1 aliphatic heterocycles. The molecule has 162 valence electrons. The second-order valence-electron chi connectivity index (χ2n) is 12.2. The van der Waals surface area contributed by atoms with Gasteiger partial charge < -0.3 is 0 Å². The summed E-state index contributed by atoms with van der Waals surface area (Å²) in [5.41, 5.74) is -0.329. The number of carbonyl (C=O) groups excluding carboxylic acids is 2. The van der Waals surface area contributed by atoms with Crippen LogP contribution in [-0.2, 0) is 9.59 Å². The van der Waals surface area contributed by atoms with Crippen LogP contribution in [0.2, 0.25) is 0 Å². The van der Waals surface area contributed by atoms with Crippen molar-refractivity contribution in [1.82, 2.24) is 4.90 Å². The van der Waals surface area contributed by atoms with Gasteiger partial charge in [0.2, 0.25) is 5.91 Å². The summed E-state index contributed by atoms with van der Waals surface area (Å²) >= 11 is 1.65. The molecular weight excluding hydrogens is 392 g/mol. The van der Waals surface area contributed by atoms with E-state index in [4.69, 9.17) is 4.99 Å². The molecule has 5 heteroatoms. The van der Waals surface area contributed by atoms with Crippen LogP contribution >= 0.6 is 11.8 Å². The van der Waals surface area contributed by atoms with Crippen LogP contribution in [0.25, 0.3) is 0 Å². The lowest BCUT2D eigenvalue weighted by Crippen LogP contribution is -2.46. The Morgan fingerprint density at radius 3 is 2.13 bits per heavy atom. The van der Waals surface area contributed by atoms with Gasteiger partial charge in [-0.3, -0.25) is 14.5 Å². The van der Waals surface area contributed by atoms with Gasteiger partial charge in [0, 0.05) is 12.3 Å². The zero-order chi connectivity index (χ0) is 20.1. The van der Waals surface area contributed by atoms with E-state index < -0.39 is 0 Å². The molecule has 6 bridgehead atoms. The number of thioether (sulfide) groups is 1. The lowest BCUT2D eigenvalue weighted by molar-refractivity contribution is -0.139. The summed E-state index contributed by atoms with van der Waals surface area (Å²) in [6, 6.07) is 0. The first kappa shape index (κ1) is 18.7. The molecular formula is C25H34N2O2S. The fraction of sp³-hybridized carbons (Fsp3) is 0.880. The number of aliphatic imine (C=N–C) groups is 1. The molecule has 0 N–H and O–H groups in total. The molecule has 2 amide bonds. The van der Waals surface area contributed by atoms with Crippen molar-refractivity contribution in [3.05, 3.63) is 0 Å². The van der Waals surface area contributed by atoms with Crippen LogP contribution in [0.15, 0.2) is 4.99 Å². The van der Waals surface area contributed by atoms with E-state index in [0.29, 0.717) is 5.91 Å². The minimum Gasteiger partial charge on any atom is -0.290 e. The Morgan fingerprint density at radius 2 is 1.40 bits per heavy atom. The van der Waals surface area contributed by atoms with Crippen molar-refractivity contribution in [2.45, 2.75) is 77.0 Å². The zero-order valence-electron chi connectivity index (χ0n) is 18.0. The minimum atomic E-state index is -0.194. The number of carbonyl (C=O) groups is 2. The molecule has 30 heavy (non-hydrogen) atoms. The van der Waals surface area contributed by atoms with Gasteiger partial charge in [-0.05, 0) is 99.7 Å². The molecule has 7 fully saturated rings. The van der Waals surface area contributed by atoms with E-state index in [0.717, 1.165) is 91.5 Å². The summed E-state index contributed by atoms with van der Waals surface area (Å²) in [5.74, 6) is 5.92. The van der Waals surface area contributed by atoms with Crippen LogP contribution in [0.5, 0.6) is 0 Å². The van der Waals surface area contributed by atoms with Gasteiger partial charge in [-0.1, -0.05) is 24.6 Å². The Balaban J connectivity index is 1.15. The lowest BCUT2D eigenvalue weighted by atomic mass is 9.67. The molecule has 8 atom stereocenters.